The quantitative estimate of drug-likeness (QED) is 0.715. The van der Waals surface area contributed by atoms with Crippen LogP contribution in [0.3, 0.4) is 0 Å². The van der Waals surface area contributed by atoms with Crippen LogP contribution in [0.25, 0.3) is 10.8 Å². The predicted molar refractivity (Wildman–Crippen MR) is 61.0 cm³/mol. The average Bonchev–Trinajstić information content (AvgIpc) is 2.65. The van der Waals surface area contributed by atoms with E-state index < -0.39 is 12.1 Å². The Morgan fingerprint density at radius 1 is 0.812 bits per heavy atom. The Labute approximate surface area is 91.2 Å². The smallest absolute Gasteiger partial charge is 0.147 e. The first-order valence-electron chi connectivity index (χ1n) is 5.03. The summed E-state index contributed by atoms with van der Waals surface area (Å²) in [6.07, 6.45) is 0. The lowest BCUT2D eigenvalue weighted by molar-refractivity contribution is 0.599. The van der Waals surface area contributed by atoms with Crippen molar-refractivity contribution in [3.63, 3.8) is 0 Å². The van der Waals surface area contributed by atoms with Gasteiger partial charge in [0.25, 0.3) is 0 Å². The molecule has 16 heavy (non-hydrogen) atoms. The summed E-state index contributed by atoms with van der Waals surface area (Å²) in [4.78, 5) is 21.7. The normalized spacial score (nSPS) is 22.2. The molecule has 0 aliphatic heterocycles. The fourth-order valence-corrected chi connectivity index (χ4v) is 2.46. The minimum Gasteiger partial charge on any atom is -0.150 e. The Balaban J connectivity index is 2.42. The highest BCUT2D eigenvalue weighted by molar-refractivity contribution is 5.92. The Kier molecular flexibility index (Phi) is 1.83. The van der Waals surface area contributed by atoms with Gasteiger partial charge in [0.15, 0.2) is 0 Å². The zero-order valence-electron chi connectivity index (χ0n) is 8.33. The lowest BCUT2D eigenvalue weighted by atomic mass is 10.0. The van der Waals surface area contributed by atoms with Crippen LogP contribution in [0.15, 0.2) is 46.8 Å². The van der Waals surface area contributed by atoms with Gasteiger partial charge >= 0.3 is 0 Å². The maximum atomic E-state index is 10.8. The Hall–Kier alpha value is -2.10. The molecule has 0 radical (unpaired) electrons. The summed E-state index contributed by atoms with van der Waals surface area (Å²) in [5.41, 5.74) is 1.63. The first-order chi connectivity index (χ1) is 7.86. The Morgan fingerprint density at radius 3 is 1.75 bits per heavy atom. The van der Waals surface area contributed by atoms with Gasteiger partial charge in [0.05, 0.1) is 0 Å². The summed E-state index contributed by atoms with van der Waals surface area (Å²) in [6.45, 7) is 0. The molecular weight excluding hydrogens is 204 g/mol. The van der Waals surface area contributed by atoms with E-state index in [0.717, 1.165) is 21.9 Å². The van der Waals surface area contributed by atoms with Crippen LogP contribution in [0.4, 0.5) is 0 Å². The third-order valence-electron chi connectivity index (χ3n) is 3.13. The van der Waals surface area contributed by atoms with E-state index in [1.807, 2.05) is 36.4 Å². The lowest BCUT2D eigenvalue weighted by Crippen LogP contribution is -1.98. The monoisotopic (exact) mass is 212 g/mol. The molecule has 4 nitrogen and oxygen atoms in total. The van der Waals surface area contributed by atoms with Crippen LogP contribution in [0.2, 0.25) is 0 Å². The molecule has 0 amide bonds. The van der Waals surface area contributed by atoms with Crippen molar-refractivity contribution >= 4 is 10.8 Å². The molecule has 0 saturated carbocycles. The first-order valence-corrected chi connectivity index (χ1v) is 5.03. The summed E-state index contributed by atoms with van der Waals surface area (Å²) in [5.74, 6) is 0. The van der Waals surface area contributed by atoms with Crippen LogP contribution >= 0.6 is 0 Å². The number of rotatable bonds is 2. The van der Waals surface area contributed by atoms with E-state index in [1.54, 1.807) is 0 Å². The largest absolute Gasteiger partial charge is 0.150 e. The highest BCUT2D eigenvalue weighted by Gasteiger charge is 2.36. The molecule has 0 heterocycles. The second-order valence-electron chi connectivity index (χ2n) is 3.89. The maximum absolute atomic E-state index is 10.8. The number of benzene rings is 2. The van der Waals surface area contributed by atoms with E-state index in [2.05, 4.69) is 10.4 Å². The van der Waals surface area contributed by atoms with Gasteiger partial charge in [0, 0.05) is 0 Å². The molecule has 2 aromatic carbocycles. The Morgan fingerprint density at radius 2 is 1.31 bits per heavy atom. The standard InChI is InChI=1S/C12H8N2O2/c15-13-11-8-5-1-3-7-4-2-6-9(10(7)8)12(11)14-16/h1-6,11-12H/t11-,12+. The molecule has 0 unspecified atom stereocenters. The SMILES string of the molecule is O=N[C@@H]1c2cccc3cccc(c23)[C@@H]1N=O. The fraction of sp³-hybridized carbons (Fsp3) is 0.167. The van der Waals surface area contributed by atoms with Crippen molar-refractivity contribution in [2.24, 2.45) is 10.4 Å². The van der Waals surface area contributed by atoms with Crippen LogP contribution in [0, 0.1) is 9.81 Å². The number of hydrogen-bond acceptors (Lipinski definition) is 4. The summed E-state index contributed by atoms with van der Waals surface area (Å²) >= 11 is 0. The number of nitroso groups, excluding NO2 is 2. The minimum atomic E-state index is -0.668. The van der Waals surface area contributed by atoms with Crippen molar-refractivity contribution in [1.29, 1.82) is 0 Å². The molecule has 0 bridgehead atoms. The third-order valence-corrected chi connectivity index (χ3v) is 3.13. The van der Waals surface area contributed by atoms with E-state index >= 15 is 0 Å². The highest BCUT2D eigenvalue weighted by atomic mass is 16.3. The van der Waals surface area contributed by atoms with Gasteiger partial charge in [-0.3, -0.25) is 0 Å². The summed E-state index contributed by atoms with van der Waals surface area (Å²) < 4.78 is 0. The second kappa shape index (κ2) is 3.20. The van der Waals surface area contributed by atoms with Gasteiger partial charge < -0.3 is 0 Å². The zero-order chi connectivity index (χ0) is 11.1. The van der Waals surface area contributed by atoms with E-state index in [4.69, 9.17) is 0 Å². The van der Waals surface area contributed by atoms with Gasteiger partial charge in [-0.2, -0.15) is 9.81 Å². The molecule has 1 aliphatic rings. The zero-order valence-corrected chi connectivity index (χ0v) is 8.33. The van der Waals surface area contributed by atoms with Crippen LogP contribution in [0.5, 0.6) is 0 Å². The van der Waals surface area contributed by atoms with Crippen molar-refractivity contribution in [2.75, 3.05) is 0 Å². The van der Waals surface area contributed by atoms with Crippen LogP contribution in [0.1, 0.15) is 23.2 Å². The van der Waals surface area contributed by atoms with Crippen LogP contribution in [-0.2, 0) is 0 Å². The first kappa shape index (κ1) is 9.15. The molecule has 0 N–H and O–H groups in total. The molecule has 0 fully saturated rings. The molecule has 2 aromatic rings. The van der Waals surface area contributed by atoms with Gasteiger partial charge in [-0.25, -0.2) is 0 Å². The maximum Gasteiger partial charge on any atom is 0.147 e. The van der Waals surface area contributed by atoms with Gasteiger partial charge in [-0.15, -0.1) is 0 Å². The van der Waals surface area contributed by atoms with E-state index in [-0.39, 0.29) is 0 Å². The highest BCUT2D eigenvalue weighted by Crippen LogP contribution is 2.47. The molecule has 2 atom stereocenters. The van der Waals surface area contributed by atoms with Crippen molar-refractivity contribution in [3.8, 4) is 0 Å². The van der Waals surface area contributed by atoms with Crippen molar-refractivity contribution < 1.29 is 0 Å². The topological polar surface area (TPSA) is 58.9 Å². The Bertz CT molecular complexity index is 546. The summed E-state index contributed by atoms with van der Waals surface area (Å²) in [5, 5.41) is 8.05. The lowest BCUT2D eigenvalue weighted by Gasteiger charge is -2.05. The van der Waals surface area contributed by atoms with E-state index in [1.165, 1.54) is 0 Å². The second-order valence-corrected chi connectivity index (χ2v) is 3.89. The molecule has 78 valence electrons. The minimum absolute atomic E-state index is 0.668. The molecule has 0 spiro atoms. The third kappa shape index (κ3) is 0.984. The van der Waals surface area contributed by atoms with Crippen molar-refractivity contribution in [1.82, 2.24) is 0 Å². The summed E-state index contributed by atoms with van der Waals surface area (Å²) in [6, 6.07) is 9.98. The molecule has 0 saturated heterocycles. The average molecular weight is 212 g/mol. The van der Waals surface area contributed by atoms with Gasteiger partial charge in [-0.1, -0.05) is 46.8 Å². The van der Waals surface area contributed by atoms with Crippen molar-refractivity contribution in [2.45, 2.75) is 12.1 Å². The number of hydrogen-bond donors (Lipinski definition) is 0. The van der Waals surface area contributed by atoms with Crippen molar-refractivity contribution in [3.05, 3.63) is 57.3 Å². The van der Waals surface area contributed by atoms with E-state index in [0.29, 0.717) is 0 Å². The molecule has 1 aliphatic carbocycles. The molecule has 3 rings (SSSR count). The van der Waals surface area contributed by atoms with Crippen LogP contribution in [-0.4, -0.2) is 0 Å². The molecule has 0 aromatic heterocycles. The molecule has 4 heteroatoms. The van der Waals surface area contributed by atoms with E-state index in [9.17, 15) is 9.81 Å². The number of nitrogens with zero attached hydrogens (tertiary/aromatic N) is 2. The van der Waals surface area contributed by atoms with Gasteiger partial charge in [0.1, 0.15) is 12.1 Å². The van der Waals surface area contributed by atoms with Gasteiger partial charge in [0.2, 0.25) is 0 Å². The predicted octanol–water partition coefficient (Wildman–Crippen LogP) is 3.47. The fourth-order valence-electron chi connectivity index (χ4n) is 2.46. The summed E-state index contributed by atoms with van der Waals surface area (Å²) in [7, 11) is 0. The van der Waals surface area contributed by atoms with Crippen LogP contribution < -0.4 is 0 Å². The van der Waals surface area contributed by atoms with Gasteiger partial charge in [-0.05, 0) is 21.9 Å². The molecular formula is C12H8N2O2.